The molecule has 2 aliphatic rings. The number of amides is 4. The third-order valence-electron chi connectivity index (χ3n) is 4.88. The lowest BCUT2D eigenvalue weighted by atomic mass is 10.1. The molecule has 28 heavy (non-hydrogen) atoms. The fourth-order valence-corrected chi connectivity index (χ4v) is 3.38. The Bertz CT molecular complexity index is 999. The average molecular weight is 379 g/mol. The molecule has 2 N–H and O–H groups in total. The molecule has 0 saturated carbocycles. The molecule has 4 rings (SSSR count). The summed E-state index contributed by atoms with van der Waals surface area (Å²) >= 11 is 0. The lowest BCUT2D eigenvalue weighted by molar-refractivity contribution is -0.122. The second-order valence-electron chi connectivity index (χ2n) is 6.64. The number of nitrogens with zero attached hydrogens (tertiary/aromatic N) is 1. The van der Waals surface area contributed by atoms with Gasteiger partial charge in [-0.1, -0.05) is 0 Å². The Morgan fingerprint density at radius 1 is 1.07 bits per heavy atom. The van der Waals surface area contributed by atoms with E-state index < -0.39 is 17.7 Å². The van der Waals surface area contributed by atoms with Crippen molar-refractivity contribution in [1.82, 2.24) is 5.32 Å². The van der Waals surface area contributed by atoms with E-state index in [0.717, 1.165) is 0 Å². The van der Waals surface area contributed by atoms with E-state index in [9.17, 15) is 19.2 Å². The fraction of sp³-hybridized carbons (Fsp3) is 0.200. The maximum absolute atomic E-state index is 12.6. The van der Waals surface area contributed by atoms with E-state index in [-0.39, 0.29) is 35.9 Å². The van der Waals surface area contributed by atoms with Gasteiger partial charge in [0, 0.05) is 24.3 Å². The number of imide groups is 1. The van der Waals surface area contributed by atoms with Crippen molar-refractivity contribution in [3.8, 4) is 5.75 Å². The molecule has 1 atom stereocenters. The molecule has 8 nitrogen and oxygen atoms in total. The number of fused-ring (bicyclic) bond motifs is 1. The largest absolute Gasteiger partial charge is 0.497 e. The molecule has 0 bridgehead atoms. The Morgan fingerprint density at radius 3 is 2.50 bits per heavy atom. The molecule has 2 aromatic carbocycles. The molecule has 1 fully saturated rings. The van der Waals surface area contributed by atoms with E-state index >= 15 is 0 Å². The van der Waals surface area contributed by atoms with Crippen molar-refractivity contribution in [2.75, 3.05) is 23.9 Å². The van der Waals surface area contributed by atoms with Gasteiger partial charge in [-0.05, 0) is 42.5 Å². The molecule has 8 heteroatoms. The summed E-state index contributed by atoms with van der Waals surface area (Å²) in [5, 5.41) is 4.94. The van der Waals surface area contributed by atoms with Crippen molar-refractivity contribution in [1.29, 1.82) is 0 Å². The number of carbonyl (C=O) groups is 4. The summed E-state index contributed by atoms with van der Waals surface area (Å²) in [7, 11) is 1.56. The summed E-state index contributed by atoms with van der Waals surface area (Å²) in [6.07, 6.45) is 0.0990. The van der Waals surface area contributed by atoms with Gasteiger partial charge in [0.15, 0.2) is 0 Å². The van der Waals surface area contributed by atoms with Crippen molar-refractivity contribution in [3.63, 3.8) is 0 Å². The van der Waals surface area contributed by atoms with Gasteiger partial charge in [-0.2, -0.15) is 0 Å². The molecule has 4 amide bonds. The van der Waals surface area contributed by atoms with Gasteiger partial charge in [-0.25, -0.2) is 0 Å². The van der Waals surface area contributed by atoms with E-state index in [1.54, 1.807) is 42.3 Å². The van der Waals surface area contributed by atoms with E-state index in [1.165, 1.54) is 12.1 Å². The van der Waals surface area contributed by atoms with Gasteiger partial charge >= 0.3 is 0 Å². The zero-order valence-corrected chi connectivity index (χ0v) is 15.0. The Labute approximate surface area is 160 Å². The maximum atomic E-state index is 12.6. The van der Waals surface area contributed by atoms with Crippen molar-refractivity contribution in [2.45, 2.75) is 6.42 Å². The van der Waals surface area contributed by atoms with Crippen LogP contribution >= 0.6 is 0 Å². The molecule has 0 aliphatic carbocycles. The van der Waals surface area contributed by atoms with Gasteiger partial charge in [0.25, 0.3) is 11.8 Å². The molecule has 1 unspecified atom stereocenters. The van der Waals surface area contributed by atoms with Gasteiger partial charge in [-0.15, -0.1) is 0 Å². The molecule has 0 aromatic heterocycles. The summed E-state index contributed by atoms with van der Waals surface area (Å²) < 4.78 is 5.11. The summed E-state index contributed by atoms with van der Waals surface area (Å²) in [6, 6.07) is 11.6. The topological polar surface area (TPSA) is 105 Å². The number of hydrogen-bond donors (Lipinski definition) is 2. The molecule has 2 heterocycles. The average Bonchev–Trinajstić information content (AvgIpc) is 3.22. The third-order valence-corrected chi connectivity index (χ3v) is 4.88. The number of nitrogens with one attached hydrogen (secondary N) is 2. The Hall–Kier alpha value is -3.68. The first kappa shape index (κ1) is 17.7. The predicted molar refractivity (Wildman–Crippen MR) is 100 cm³/mol. The second kappa shape index (κ2) is 6.80. The van der Waals surface area contributed by atoms with Crippen LogP contribution < -0.4 is 20.3 Å². The molecule has 0 radical (unpaired) electrons. The lowest BCUT2D eigenvalue weighted by Crippen LogP contribution is -2.28. The first-order valence-corrected chi connectivity index (χ1v) is 8.71. The first-order valence-electron chi connectivity index (χ1n) is 8.71. The zero-order chi connectivity index (χ0) is 19.8. The quantitative estimate of drug-likeness (QED) is 0.785. The molecule has 142 valence electrons. The number of benzene rings is 2. The highest BCUT2D eigenvalue weighted by atomic mass is 16.5. The van der Waals surface area contributed by atoms with Crippen LogP contribution in [-0.4, -0.2) is 37.3 Å². The fourth-order valence-electron chi connectivity index (χ4n) is 3.38. The van der Waals surface area contributed by atoms with E-state index in [2.05, 4.69) is 10.6 Å². The van der Waals surface area contributed by atoms with Crippen molar-refractivity contribution < 1.29 is 23.9 Å². The minimum atomic E-state index is -0.515. The highest BCUT2D eigenvalue weighted by molar-refractivity contribution is 6.22. The summed E-state index contributed by atoms with van der Waals surface area (Å²) in [5.41, 5.74) is 1.62. The first-order chi connectivity index (χ1) is 13.5. The van der Waals surface area contributed by atoms with Gasteiger partial charge in [0.05, 0.1) is 24.2 Å². The van der Waals surface area contributed by atoms with Crippen LogP contribution in [0.15, 0.2) is 42.5 Å². The standard InChI is InChI=1S/C20H17N3O5/c1-28-14-5-3-13(4-6-14)23-10-11(8-17(23)24)18(25)21-12-2-7-15-16(9-12)20(27)22-19(15)26/h2-7,9,11H,8,10H2,1H3,(H,21,25)(H,22,26,27). The minimum absolute atomic E-state index is 0.0990. The van der Waals surface area contributed by atoms with Crippen LogP contribution in [0.4, 0.5) is 11.4 Å². The molecule has 0 spiro atoms. The van der Waals surface area contributed by atoms with Crippen LogP contribution in [0, 0.1) is 5.92 Å². The second-order valence-corrected chi connectivity index (χ2v) is 6.64. The SMILES string of the molecule is COc1ccc(N2CC(C(=O)Nc3ccc4c(c3)C(=O)NC4=O)CC2=O)cc1. The number of ether oxygens (including phenoxy) is 1. The maximum Gasteiger partial charge on any atom is 0.259 e. The smallest absolute Gasteiger partial charge is 0.259 e. The number of rotatable bonds is 4. The van der Waals surface area contributed by atoms with Crippen LogP contribution in [0.1, 0.15) is 27.1 Å². The van der Waals surface area contributed by atoms with Gasteiger partial charge in [0.2, 0.25) is 11.8 Å². The molecule has 2 aromatic rings. The highest BCUT2D eigenvalue weighted by Crippen LogP contribution is 2.28. The van der Waals surface area contributed by atoms with Gasteiger partial charge in [-0.3, -0.25) is 24.5 Å². The summed E-state index contributed by atoms with van der Waals surface area (Å²) in [4.78, 5) is 49.9. The monoisotopic (exact) mass is 379 g/mol. The Kier molecular flexibility index (Phi) is 4.31. The summed E-state index contributed by atoms with van der Waals surface area (Å²) in [5.74, 6) is -1.22. The van der Waals surface area contributed by atoms with E-state index in [0.29, 0.717) is 17.1 Å². The van der Waals surface area contributed by atoms with E-state index in [4.69, 9.17) is 4.74 Å². The van der Waals surface area contributed by atoms with Gasteiger partial charge in [0.1, 0.15) is 5.75 Å². The Morgan fingerprint density at radius 2 is 1.79 bits per heavy atom. The molecule has 2 aliphatic heterocycles. The Balaban J connectivity index is 1.46. The number of anilines is 2. The van der Waals surface area contributed by atoms with Crippen LogP contribution in [0.2, 0.25) is 0 Å². The highest BCUT2D eigenvalue weighted by Gasteiger charge is 2.35. The number of carbonyl (C=O) groups excluding carboxylic acids is 4. The normalized spacial score (nSPS) is 18.1. The summed E-state index contributed by atoms with van der Waals surface area (Å²) in [6.45, 7) is 0.265. The predicted octanol–water partition coefficient (Wildman–Crippen LogP) is 1.57. The minimum Gasteiger partial charge on any atom is -0.497 e. The van der Waals surface area contributed by atoms with Crippen LogP contribution in [-0.2, 0) is 9.59 Å². The van der Waals surface area contributed by atoms with E-state index in [1.807, 2.05) is 0 Å². The van der Waals surface area contributed by atoms with Crippen molar-refractivity contribution in [2.24, 2.45) is 5.92 Å². The molecule has 1 saturated heterocycles. The molecular formula is C20H17N3O5. The van der Waals surface area contributed by atoms with Crippen LogP contribution in [0.5, 0.6) is 5.75 Å². The molecular weight excluding hydrogens is 362 g/mol. The van der Waals surface area contributed by atoms with Crippen LogP contribution in [0.3, 0.4) is 0 Å². The van der Waals surface area contributed by atoms with Crippen molar-refractivity contribution in [3.05, 3.63) is 53.6 Å². The van der Waals surface area contributed by atoms with Crippen molar-refractivity contribution >= 4 is 35.0 Å². The van der Waals surface area contributed by atoms with Gasteiger partial charge < -0.3 is 15.0 Å². The third kappa shape index (κ3) is 3.09. The number of hydrogen-bond acceptors (Lipinski definition) is 5. The number of methoxy groups -OCH3 is 1. The van der Waals surface area contributed by atoms with Crippen LogP contribution in [0.25, 0.3) is 0 Å². The zero-order valence-electron chi connectivity index (χ0n) is 15.0. The lowest BCUT2D eigenvalue weighted by Gasteiger charge is -2.17.